The first kappa shape index (κ1) is 11.7. The number of aromatic hydroxyl groups is 1. The Morgan fingerprint density at radius 1 is 1.28 bits per heavy atom. The van der Waals surface area contributed by atoms with Crippen molar-refractivity contribution in [2.45, 2.75) is 51.1 Å². The van der Waals surface area contributed by atoms with Crippen LogP contribution >= 0.6 is 0 Å². The van der Waals surface area contributed by atoms with Crippen molar-refractivity contribution in [3.05, 3.63) is 18.2 Å². The van der Waals surface area contributed by atoms with Crippen LogP contribution < -0.4 is 10.2 Å². The first-order valence-corrected chi connectivity index (χ1v) is 6.99. The van der Waals surface area contributed by atoms with Gasteiger partial charge in [-0.1, -0.05) is 18.9 Å². The highest BCUT2D eigenvalue weighted by atomic mass is 16.3. The van der Waals surface area contributed by atoms with Crippen LogP contribution in [0.1, 0.15) is 39.5 Å². The Kier molecular flexibility index (Phi) is 2.65. The number of hydrogen-bond acceptors (Lipinski definition) is 3. The summed E-state index contributed by atoms with van der Waals surface area (Å²) >= 11 is 0. The van der Waals surface area contributed by atoms with Gasteiger partial charge in [0, 0.05) is 12.6 Å². The number of phenols is 1. The summed E-state index contributed by atoms with van der Waals surface area (Å²) in [7, 11) is 0. The smallest absolute Gasteiger partial charge is 0.140 e. The molecule has 3 rings (SSSR count). The van der Waals surface area contributed by atoms with Gasteiger partial charge in [-0.05, 0) is 38.8 Å². The summed E-state index contributed by atoms with van der Waals surface area (Å²) in [6, 6.07) is 6.29. The summed E-state index contributed by atoms with van der Waals surface area (Å²) in [5.74, 6) is 0.367. The standard InChI is InChI=1S/C15H22N2O/c1-11(2)17-12-6-5-7-13(18)14(12)16-10-15(17)8-3-4-9-15/h5-7,11,16,18H,3-4,8-10H2,1-2H3. The van der Waals surface area contributed by atoms with E-state index in [0.717, 1.165) is 17.9 Å². The molecule has 1 aromatic carbocycles. The maximum Gasteiger partial charge on any atom is 0.140 e. The molecule has 1 aliphatic carbocycles. The van der Waals surface area contributed by atoms with Crippen LogP contribution in [0.3, 0.4) is 0 Å². The number of para-hydroxylation sites is 1. The number of phenolic OH excluding ortho intramolecular Hbond substituents is 1. The molecule has 0 saturated heterocycles. The maximum absolute atomic E-state index is 10.00. The van der Waals surface area contributed by atoms with Gasteiger partial charge in [-0.15, -0.1) is 0 Å². The van der Waals surface area contributed by atoms with Crippen LogP contribution in [0.2, 0.25) is 0 Å². The molecule has 0 aromatic heterocycles. The second-order valence-electron chi connectivity index (χ2n) is 5.92. The maximum atomic E-state index is 10.00. The number of nitrogens with zero attached hydrogens (tertiary/aromatic N) is 1. The number of hydrogen-bond donors (Lipinski definition) is 2. The van der Waals surface area contributed by atoms with Gasteiger partial charge in [0.05, 0.1) is 11.2 Å². The van der Waals surface area contributed by atoms with Crippen LogP contribution in [0.15, 0.2) is 18.2 Å². The molecule has 3 nitrogen and oxygen atoms in total. The van der Waals surface area contributed by atoms with Gasteiger partial charge in [0.2, 0.25) is 0 Å². The van der Waals surface area contributed by atoms with Crippen molar-refractivity contribution in [2.75, 3.05) is 16.8 Å². The number of rotatable bonds is 1. The summed E-state index contributed by atoms with van der Waals surface area (Å²) in [5.41, 5.74) is 2.33. The van der Waals surface area contributed by atoms with Crippen molar-refractivity contribution in [1.82, 2.24) is 0 Å². The molecule has 1 aliphatic heterocycles. The molecule has 0 amide bonds. The fourth-order valence-corrected chi connectivity index (χ4v) is 3.78. The van der Waals surface area contributed by atoms with E-state index in [2.05, 4.69) is 30.1 Å². The summed E-state index contributed by atoms with van der Waals surface area (Å²) < 4.78 is 0. The number of fused-ring (bicyclic) bond motifs is 1. The normalized spacial score (nSPS) is 21.2. The van der Waals surface area contributed by atoms with Crippen LogP contribution in [0.25, 0.3) is 0 Å². The van der Waals surface area contributed by atoms with E-state index >= 15 is 0 Å². The Balaban J connectivity index is 2.10. The van der Waals surface area contributed by atoms with E-state index in [1.165, 1.54) is 25.7 Å². The molecule has 3 heteroatoms. The van der Waals surface area contributed by atoms with Gasteiger partial charge in [-0.3, -0.25) is 0 Å². The minimum absolute atomic E-state index is 0.259. The Labute approximate surface area is 109 Å². The molecule has 0 atom stereocenters. The van der Waals surface area contributed by atoms with E-state index in [1.807, 2.05) is 6.07 Å². The molecule has 2 N–H and O–H groups in total. The molecule has 0 bridgehead atoms. The minimum Gasteiger partial charge on any atom is -0.506 e. The van der Waals surface area contributed by atoms with E-state index in [4.69, 9.17) is 0 Å². The van der Waals surface area contributed by atoms with Crippen LogP contribution in [-0.2, 0) is 0 Å². The highest BCUT2D eigenvalue weighted by Gasteiger charge is 2.44. The molecule has 1 heterocycles. The Morgan fingerprint density at radius 3 is 2.67 bits per heavy atom. The Morgan fingerprint density at radius 2 is 2.00 bits per heavy atom. The SMILES string of the molecule is CC(C)N1c2cccc(O)c2NCC12CCCC2. The summed E-state index contributed by atoms with van der Waals surface area (Å²) in [6.45, 7) is 5.45. The predicted octanol–water partition coefficient (Wildman–Crippen LogP) is 3.35. The van der Waals surface area contributed by atoms with Crippen molar-refractivity contribution in [2.24, 2.45) is 0 Å². The summed E-state index contributed by atoms with van der Waals surface area (Å²) in [6.07, 6.45) is 5.15. The molecule has 98 valence electrons. The number of nitrogens with one attached hydrogen (secondary N) is 1. The van der Waals surface area contributed by atoms with Crippen molar-refractivity contribution in [3.8, 4) is 5.75 Å². The molecular formula is C15H22N2O. The zero-order chi connectivity index (χ0) is 12.8. The summed E-state index contributed by atoms with van der Waals surface area (Å²) in [4.78, 5) is 2.53. The minimum atomic E-state index is 0.259. The van der Waals surface area contributed by atoms with Crippen LogP contribution in [-0.4, -0.2) is 23.2 Å². The first-order valence-electron chi connectivity index (χ1n) is 6.99. The first-order chi connectivity index (χ1) is 8.64. The van der Waals surface area contributed by atoms with Crippen molar-refractivity contribution in [1.29, 1.82) is 0 Å². The van der Waals surface area contributed by atoms with E-state index in [1.54, 1.807) is 6.07 Å². The molecule has 0 radical (unpaired) electrons. The van der Waals surface area contributed by atoms with Gasteiger partial charge in [0.15, 0.2) is 0 Å². The third kappa shape index (κ3) is 1.57. The zero-order valence-corrected chi connectivity index (χ0v) is 11.2. The molecular weight excluding hydrogens is 224 g/mol. The zero-order valence-electron chi connectivity index (χ0n) is 11.2. The quantitative estimate of drug-likeness (QED) is 0.746. The molecule has 18 heavy (non-hydrogen) atoms. The number of benzene rings is 1. The van der Waals surface area contributed by atoms with Crippen molar-refractivity contribution < 1.29 is 5.11 Å². The molecule has 1 fully saturated rings. The van der Waals surface area contributed by atoms with Gasteiger partial charge < -0.3 is 15.3 Å². The van der Waals surface area contributed by atoms with Gasteiger partial charge in [-0.2, -0.15) is 0 Å². The number of anilines is 2. The lowest BCUT2D eigenvalue weighted by atomic mass is 9.89. The molecule has 1 spiro atoms. The lowest BCUT2D eigenvalue weighted by molar-refractivity contribution is 0.378. The fourth-order valence-electron chi connectivity index (χ4n) is 3.78. The van der Waals surface area contributed by atoms with Crippen LogP contribution in [0.5, 0.6) is 5.75 Å². The third-order valence-electron chi connectivity index (χ3n) is 4.44. The lowest BCUT2D eigenvalue weighted by Crippen LogP contribution is -2.57. The van der Waals surface area contributed by atoms with Gasteiger partial charge in [-0.25, -0.2) is 0 Å². The topological polar surface area (TPSA) is 35.5 Å². The average molecular weight is 246 g/mol. The largest absolute Gasteiger partial charge is 0.506 e. The predicted molar refractivity (Wildman–Crippen MR) is 75.4 cm³/mol. The Hall–Kier alpha value is -1.38. The van der Waals surface area contributed by atoms with E-state index in [9.17, 15) is 5.11 Å². The molecule has 0 unspecified atom stereocenters. The lowest BCUT2D eigenvalue weighted by Gasteiger charge is -2.50. The summed E-state index contributed by atoms with van der Waals surface area (Å²) in [5, 5.41) is 13.5. The van der Waals surface area contributed by atoms with Crippen LogP contribution in [0, 0.1) is 0 Å². The van der Waals surface area contributed by atoms with Gasteiger partial charge in [0.25, 0.3) is 0 Å². The Bertz CT molecular complexity index is 450. The molecule has 2 aliphatic rings. The highest BCUT2D eigenvalue weighted by Crippen LogP contribution is 2.47. The second kappa shape index (κ2) is 4.08. The molecule has 1 saturated carbocycles. The van der Waals surface area contributed by atoms with Gasteiger partial charge >= 0.3 is 0 Å². The van der Waals surface area contributed by atoms with Gasteiger partial charge in [0.1, 0.15) is 11.4 Å². The highest BCUT2D eigenvalue weighted by molar-refractivity contribution is 5.79. The van der Waals surface area contributed by atoms with E-state index in [0.29, 0.717) is 11.8 Å². The monoisotopic (exact) mass is 246 g/mol. The van der Waals surface area contributed by atoms with Crippen molar-refractivity contribution in [3.63, 3.8) is 0 Å². The van der Waals surface area contributed by atoms with Crippen LogP contribution in [0.4, 0.5) is 11.4 Å². The van der Waals surface area contributed by atoms with E-state index < -0.39 is 0 Å². The fraction of sp³-hybridized carbons (Fsp3) is 0.600. The van der Waals surface area contributed by atoms with E-state index in [-0.39, 0.29) is 5.54 Å². The average Bonchev–Trinajstić information content (AvgIpc) is 2.77. The second-order valence-corrected chi connectivity index (χ2v) is 5.92. The molecule has 1 aromatic rings. The third-order valence-corrected chi connectivity index (χ3v) is 4.44. The van der Waals surface area contributed by atoms with Crippen molar-refractivity contribution >= 4 is 11.4 Å².